The number of hydrogen-bond acceptors (Lipinski definition) is 4. The molecule has 1 aliphatic rings. The molecule has 4 rings (SSSR count). The molecule has 0 spiro atoms. The average Bonchev–Trinajstić information content (AvgIpc) is 3.24. The van der Waals surface area contributed by atoms with Crippen LogP contribution in [-0.4, -0.2) is 40.9 Å². The van der Waals surface area contributed by atoms with Crippen LogP contribution in [0.4, 0.5) is 4.79 Å². The van der Waals surface area contributed by atoms with E-state index >= 15 is 0 Å². The van der Waals surface area contributed by atoms with Gasteiger partial charge in [0.2, 0.25) is 0 Å². The number of nitrogens with zero attached hydrogens (tertiary/aromatic N) is 1. The molecule has 0 aliphatic heterocycles. The van der Waals surface area contributed by atoms with Crippen molar-refractivity contribution in [2.24, 2.45) is 5.92 Å². The van der Waals surface area contributed by atoms with Gasteiger partial charge in [0.15, 0.2) is 0 Å². The highest BCUT2D eigenvalue weighted by molar-refractivity contribution is 5.76. The van der Waals surface area contributed by atoms with E-state index in [0.717, 1.165) is 53.9 Å². The van der Waals surface area contributed by atoms with Crippen molar-refractivity contribution in [3.63, 3.8) is 0 Å². The molecule has 31 heavy (non-hydrogen) atoms. The molecule has 7 nitrogen and oxygen atoms in total. The summed E-state index contributed by atoms with van der Waals surface area (Å²) >= 11 is 0. The quantitative estimate of drug-likeness (QED) is 0.466. The molecule has 4 N–H and O–H groups in total. The minimum absolute atomic E-state index is 0.139. The molecule has 0 saturated heterocycles. The van der Waals surface area contributed by atoms with Crippen LogP contribution in [0.2, 0.25) is 0 Å². The van der Waals surface area contributed by atoms with Crippen molar-refractivity contribution >= 4 is 17.1 Å². The number of urea groups is 1. The molecule has 1 fully saturated rings. The molecular weight excluding hydrogens is 392 g/mol. The SMILES string of the molecule is COc1ccc(CC(NC(=O)NC2CCC(CO)CC2)c2nc3ccccc3[nH]2)cc1. The summed E-state index contributed by atoms with van der Waals surface area (Å²) in [6.07, 6.45) is 4.29. The number of imidazole rings is 1. The van der Waals surface area contributed by atoms with E-state index in [4.69, 9.17) is 9.72 Å². The molecule has 7 heteroatoms. The van der Waals surface area contributed by atoms with Gasteiger partial charge >= 0.3 is 6.03 Å². The Balaban J connectivity index is 1.48. The number of aromatic nitrogens is 2. The maximum absolute atomic E-state index is 12.8. The molecule has 1 heterocycles. The lowest BCUT2D eigenvalue weighted by Crippen LogP contribution is -2.45. The number of nitrogens with one attached hydrogen (secondary N) is 3. The van der Waals surface area contributed by atoms with Gasteiger partial charge in [0, 0.05) is 12.6 Å². The second-order valence-corrected chi connectivity index (χ2v) is 8.26. The molecule has 1 atom stereocenters. The van der Waals surface area contributed by atoms with Crippen molar-refractivity contribution in [2.45, 2.75) is 44.2 Å². The van der Waals surface area contributed by atoms with Crippen molar-refractivity contribution in [2.75, 3.05) is 13.7 Å². The number of aromatic amines is 1. The van der Waals surface area contributed by atoms with Gasteiger partial charge in [0.1, 0.15) is 11.6 Å². The second-order valence-electron chi connectivity index (χ2n) is 8.26. The Morgan fingerprint density at radius 1 is 1.16 bits per heavy atom. The fourth-order valence-corrected chi connectivity index (χ4v) is 4.23. The van der Waals surface area contributed by atoms with E-state index in [0.29, 0.717) is 12.3 Å². The number of para-hydroxylation sites is 2. The van der Waals surface area contributed by atoms with Crippen LogP contribution in [0.25, 0.3) is 11.0 Å². The lowest BCUT2D eigenvalue weighted by molar-refractivity contribution is 0.174. The van der Waals surface area contributed by atoms with E-state index in [1.54, 1.807) is 7.11 Å². The summed E-state index contributed by atoms with van der Waals surface area (Å²) in [5, 5.41) is 15.5. The summed E-state index contributed by atoms with van der Waals surface area (Å²) in [4.78, 5) is 20.9. The van der Waals surface area contributed by atoms with Gasteiger partial charge in [0.25, 0.3) is 0 Å². The van der Waals surface area contributed by atoms with Crippen LogP contribution in [0.3, 0.4) is 0 Å². The van der Waals surface area contributed by atoms with Crippen molar-refractivity contribution < 1.29 is 14.6 Å². The molecular formula is C24H30N4O3. The Kier molecular flexibility index (Phi) is 6.72. The topological polar surface area (TPSA) is 99.3 Å². The highest BCUT2D eigenvalue weighted by Crippen LogP contribution is 2.24. The standard InChI is InChI=1S/C24H30N4O3/c1-31-19-12-8-16(9-13-19)14-22(23-26-20-4-2-3-5-21(20)27-23)28-24(30)25-18-10-6-17(15-29)7-11-18/h2-5,8-9,12-13,17-18,22,29H,6-7,10-11,14-15H2,1H3,(H,26,27)(H2,25,28,30). The number of carbonyl (C=O) groups excluding carboxylic acids is 1. The lowest BCUT2D eigenvalue weighted by Gasteiger charge is -2.28. The summed E-state index contributed by atoms with van der Waals surface area (Å²) in [5.74, 6) is 1.89. The van der Waals surface area contributed by atoms with E-state index in [-0.39, 0.29) is 24.7 Å². The fraction of sp³-hybridized carbons (Fsp3) is 0.417. The molecule has 1 saturated carbocycles. The van der Waals surface area contributed by atoms with Gasteiger partial charge in [-0.25, -0.2) is 9.78 Å². The Bertz CT molecular complexity index is 960. The minimum atomic E-state index is -0.297. The molecule has 1 unspecified atom stereocenters. The highest BCUT2D eigenvalue weighted by atomic mass is 16.5. The van der Waals surface area contributed by atoms with Crippen LogP contribution in [0.15, 0.2) is 48.5 Å². The maximum atomic E-state index is 12.8. The number of amides is 2. The summed E-state index contributed by atoms with van der Waals surface area (Å²) in [6.45, 7) is 0.231. The van der Waals surface area contributed by atoms with Crippen LogP contribution in [0.5, 0.6) is 5.75 Å². The zero-order chi connectivity index (χ0) is 21.6. The van der Waals surface area contributed by atoms with Crippen LogP contribution < -0.4 is 15.4 Å². The molecule has 1 aliphatic carbocycles. The van der Waals surface area contributed by atoms with Gasteiger partial charge in [-0.2, -0.15) is 0 Å². The number of hydrogen-bond donors (Lipinski definition) is 4. The number of carbonyl (C=O) groups is 1. The Hall–Kier alpha value is -3.06. The summed E-state index contributed by atoms with van der Waals surface area (Å²) in [7, 11) is 1.64. The number of aliphatic hydroxyl groups excluding tert-OH is 1. The van der Waals surface area contributed by atoms with Crippen LogP contribution >= 0.6 is 0 Å². The van der Waals surface area contributed by atoms with E-state index < -0.39 is 0 Å². The predicted octanol–water partition coefficient (Wildman–Crippen LogP) is 3.71. The van der Waals surface area contributed by atoms with Crippen molar-refractivity contribution in [1.82, 2.24) is 20.6 Å². The highest BCUT2D eigenvalue weighted by Gasteiger charge is 2.24. The average molecular weight is 423 g/mol. The van der Waals surface area contributed by atoms with Gasteiger partial charge in [-0.3, -0.25) is 0 Å². The first-order valence-corrected chi connectivity index (χ1v) is 10.9. The largest absolute Gasteiger partial charge is 0.497 e. The molecule has 2 amide bonds. The fourth-order valence-electron chi connectivity index (χ4n) is 4.23. The number of H-pyrrole nitrogens is 1. The number of rotatable bonds is 7. The summed E-state index contributed by atoms with van der Waals surface area (Å²) in [5.41, 5.74) is 2.90. The van der Waals surface area contributed by atoms with E-state index in [1.165, 1.54) is 0 Å². The second kappa shape index (κ2) is 9.83. The Morgan fingerprint density at radius 3 is 2.58 bits per heavy atom. The zero-order valence-electron chi connectivity index (χ0n) is 17.8. The number of benzene rings is 2. The Labute approximate surface area is 182 Å². The molecule has 2 aromatic carbocycles. The summed E-state index contributed by atoms with van der Waals surface area (Å²) < 4.78 is 5.25. The number of aliphatic hydroxyl groups is 1. The third-order valence-electron chi connectivity index (χ3n) is 6.08. The van der Waals surface area contributed by atoms with E-state index in [9.17, 15) is 9.90 Å². The molecule has 3 aromatic rings. The van der Waals surface area contributed by atoms with Crippen molar-refractivity contribution in [3.8, 4) is 5.75 Å². The van der Waals surface area contributed by atoms with Crippen LogP contribution in [0, 0.1) is 5.92 Å². The summed E-state index contributed by atoms with van der Waals surface area (Å²) in [6, 6.07) is 15.4. The Morgan fingerprint density at radius 2 is 1.90 bits per heavy atom. The monoisotopic (exact) mass is 422 g/mol. The van der Waals surface area contributed by atoms with Gasteiger partial charge in [-0.05, 0) is 67.9 Å². The predicted molar refractivity (Wildman–Crippen MR) is 120 cm³/mol. The van der Waals surface area contributed by atoms with Crippen LogP contribution in [-0.2, 0) is 6.42 Å². The first-order valence-electron chi connectivity index (χ1n) is 10.9. The number of fused-ring (bicyclic) bond motifs is 1. The number of methoxy groups -OCH3 is 1. The van der Waals surface area contributed by atoms with E-state index in [2.05, 4.69) is 15.6 Å². The third kappa shape index (κ3) is 5.35. The first kappa shape index (κ1) is 21.2. The van der Waals surface area contributed by atoms with Gasteiger partial charge in [0.05, 0.1) is 24.2 Å². The van der Waals surface area contributed by atoms with Crippen molar-refractivity contribution in [1.29, 1.82) is 0 Å². The van der Waals surface area contributed by atoms with Crippen molar-refractivity contribution in [3.05, 3.63) is 59.9 Å². The zero-order valence-corrected chi connectivity index (χ0v) is 17.8. The lowest BCUT2D eigenvalue weighted by atomic mass is 9.87. The normalized spacial score (nSPS) is 19.7. The number of ether oxygens (including phenoxy) is 1. The smallest absolute Gasteiger partial charge is 0.315 e. The molecule has 0 radical (unpaired) electrons. The first-order chi connectivity index (χ1) is 15.1. The molecule has 164 valence electrons. The third-order valence-corrected chi connectivity index (χ3v) is 6.08. The van der Waals surface area contributed by atoms with E-state index in [1.807, 2.05) is 48.5 Å². The molecule has 1 aromatic heterocycles. The maximum Gasteiger partial charge on any atom is 0.315 e. The van der Waals surface area contributed by atoms with Gasteiger partial charge in [-0.1, -0.05) is 24.3 Å². The van der Waals surface area contributed by atoms with Gasteiger partial charge < -0.3 is 25.5 Å². The van der Waals surface area contributed by atoms with Gasteiger partial charge in [-0.15, -0.1) is 0 Å². The molecule has 0 bridgehead atoms. The van der Waals surface area contributed by atoms with Crippen LogP contribution in [0.1, 0.15) is 43.1 Å². The minimum Gasteiger partial charge on any atom is -0.497 e.